The van der Waals surface area contributed by atoms with Gasteiger partial charge in [-0.25, -0.2) is 0 Å². The molecule has 174 valence electrons. The smallest absolute Gasteiger partial charge is 0.331 e. The Bertz CT molecular complexity index is 871. The van der Waals surface area contributed by atoms with E-state index in [1.54, 1.807) is 24.3 Å². The topological polar surface area (TPSA) is 102 Å². The molecular formula is C23H34N4O4Si. The van der Waals surface area contributed by atoms with Gasteiger partial charge in [0, 0.05) is 38.2 Å². The fourth-order valence-electron chi connectivity index (χ4n) is 3.00. The Morgan fingerprint density at radius 2 is 1.47 bits per heavy atom. The Balaban J connectivity index is 1.81. The second kappa shape index (κ2) is 12.4. The van der Waals surface area contributed by atoms with Crippen LogP contribution in [-0.4, -0.2) is 56.1 Å². The third-order valence-corrected chi connectivity index (χ3v) is 6.36. The molecule has 32 heavy (non-hydrogen) atoms. The van der Waals surface area contributed by atoms with Crippen molar-refractivity contribution >= 4 is 20.4 Å². The summed E-state index contributed by atoms with van der Waals surface area (Å²) < 4.78 is 11.7. The van der Waals surface area contributed by atoms with Crippen LogP contribution in [0.1, 0.15) is 54.3 Å². The highest BCUT2D eigenvalue weighted by Crippen LogP contribution is 2.15. The number of amides is 2. The van der Waals surface area contributed by atoms with Gasteiger partial charge in [0.15, 0.2) is 0 Å². The summed E-state index contributed by atoms with van der Waals surface area (Å²) in [5, 5.41) is 5.69. The summed E-state index contributed by atoms with van der Waals surface area (Å²) in [4.78, 5) is 33.0. The Labute approximate surface area is 191 Å². The third kappa shape index (κ3) is 8.49. The summed E-state index contributed by atoms with van der Waals surface area (Å²) in [5.74, 6) is -0.329. The summed E-state index contributed by atoms with van der Waals surface area (Å²) >= 11 is 0. The molecule has 8 nitrogen and oxygen atoms in total. The van der Waals surface area contributed by atoms with Gasteiger partial charge in [-0.3, -0.25) is 19.6 Å². The minimum atomic E-state index is -2.11. The highest BCUT2D eigenvalue weighted by atomic mass is 28.4. The molecule has 0 aliphatic rings. The second-order valence-corrected chi connectivity index (χ2v) is 11.5. The van der Waals surface area contributed by atoms with E-state index in [1.165, 1.54) is 12.4 Å². The molecule has 2 rings (SSSR count). The van der Waals surface area contributed by atoms with Gasteiger partial charge in [0.1, 0.15) is 0 Å². The number of carbonyl (C=O) groups excluding carboxylic acids is 2. The molecule has 2 N–H and O–H groups in total. The van der Waals surface area contributed by atoms with Gasteiger partial charge in [-0.15, -0.1) is 0 Å². The second-order valence-electron chi connectivity index (χ2n) is 8.14. The normalized spacial score (nSPS) is 11.4. The first-order chi connectivity index (χ1) is 15.2. The third-order valence-electron chi connectivity index (χ3n) is 4.43. The molecule has 0 aliphatic heterocycles. The lowest BCUT2D eigenvalue weighted by atomic mass is 10.1. The molecule has 0 saturated heterocycles. The van der Waals surface area contributed by atoms with Crippen LogP contribution in [0.15, 0.2) is 36.7 Å². The lowest BCUT2D eigenvalue weighted by molar-refractivity contribution is 0.0942. The van der Waals surface area contributed by atoms with E-state index in [2.05, 4.69) is 20.6 Å². The Morgan fingerprint density at radius 1 is 0.938 bits per heavy atom. The van der Waals surface area contributed by atoms with Crippen molar-refractivity contribution in [1.29, 1.82) is 0 Å². The van der Waals surface area contributed by atoms with E-state index in [0.717, 1.165) is 6.42 Å². The molecule has 0 aromatic carbocycles. The number of rotatable bonds is 12. The van der Waals surface area contributed by atoms with Crippen molar-refractivity contribution in [3.8, 4) is 11.4 Å². The zero-order valence-corrected chi connectivity index (χ0v) is 20.6. The van der Waals surface area contributed by atoms with Gasteiger partial charge in [0.25, 0.3) is 11.8 Å². The van der Waals surface area contributed by atoms with E-state index < -0.39 is 8.56 Å². The predicted molar refractivity (Wildman–Crippen MR) is 127 cm³/mol. The molecule has 2 heterocycles. The maximum Gasteiger partial charge on any atom is 0.331 e. The van der Waals surface area contributed by atoms with Gasteiger partial charge in [-0.2, -0.15) is 0 Å². The van der Waals surface area contributed by atoms with Crippen molar-refractivity contribution in [2.45, 2.75) is 52.8 Å². The van der Waals surface area contributed by atoms with E-state index in [9.17, 15) is 9.59 Å². The van der Waals surface area contributed by atoms with Gasteiger partial charge in [0.05, 0.1) is 22.5 Å². The van der Waals surface area contributed by atoms with Crippen LogP contribution in [-0.2, 0) is 8.85 Å². The molecule has 0 fully saturated rings. The highest BCUT2D eigenvalue weighted by Gasteiger charge is 2.25. The van der Waals surface area contributed by atoms with Crippen molar-refractivity contribution in [3.05, 3.63) is 47.8 Å². The zero-order chi connectivity index (χ0) is 23.6. The van der Waals surface area contributed by atoms with E-state index in [-0.39, 0.29) is 17.9 Å². The average Bonchev–Trinajstić information content (AvgIpc) is 2.76. The van der Waals surface area contributed by atoms with Crippen molar-refractivity contribution in [3.63, 3.8) is 0 Å². The summed E-state index contributed by atoms with van der Waals surface area (Å²) in [6, 6.07) is 6.92. The van der Waals surface area contributed by atoms with Crippen molar-refractivity contribution < 1.29 is 18.4 Å². The molecule has 0 spiro atoms. The molecule has 0 radical (unpaired) electrons. The SMILES string of the molecule is CCCNC(=O)c1ccc(-c2ccc(C(=O)NCCCO[Si](C)(C)OC(C)C)cn2)nc1. The van der Waals surface area contributed by atoms with E-state index in [1.807, 2.05) is 33.9 Å². The molecule has 2 aromatic heterocycles. The molecule has 2 aromatic rings. The van der Waals surface area contributed by atoms with Crippen LogP contribution in [0.3, 0.4) is 0 Å². The molecule has 2 amide bonds. The first-order valence-corrected chi connectivity index (χ1v) is 13.8. The van der Waals surface area contributed by atoms with Gasteiger partial charge < -0.3 is 19.5 Å². The molecular weight excluding hydrogens is 424 g/mol. The Hall–Kier alpha value is -2.62. The molecule has 0 atom stereocenters. The zero-order valence-electron chi connectivity index (χ0n) is 19.6. The lowest BCUT2D eigenvalue weighted by Gasteiger charge is -2.25. The number of carbonyl (C=O) groups is 2. The maximum absolute atomic E-state index is 12.3. The molecule has 0 saturated carbocycles. The van der Waals surface area contributed by atoms with Crippen LogP contribution in [0.25, 0.3) is 11.4 Å². The largest absolute Gasteiger partial charge is 0.394 e. The van der Waals surface area contributed by atoms with Gasteiger partial charge in [-0.05, 0) is 64.0 Å². The fourth-order valence-corrected chi connectivity index (χ4v) is 4.83. The van der Waals surface area contributed by atoms with Gasteiger partial charge in [-0.1, -0.05) is 6.92 Å². The lowest BCUT2D eigenvalue weighted by Crippen LogP contribution is -2.38. The predicted octanol–water partition coefficient (Wildman–Crippen LogP) is 3.55. The van der Waals surface area contributed by atoms with Crippen LogP contribution in [0, 0.1) is 0 Å². The highest BCUT2D eigenvalue weighted by molar-refractivity contribution is 6.64. The first-order valence-electron chi connectivity index (χ1n) is 11.0. The van der Waals surface area contributed by atoms with E-state index in [0.29, 0.717) is 48.6 Å². The molecule has 9 heteroatoms. The molecule has 0 unspecified atom stereocenters. The van der Waals surface area contributed by atoms with Crippen molar-refractivity contribution in [1.82, 2.24) is 20.6 Å². The van der Waals surface area contributed by atoms with Gasteiger partial charge >= 0.3 is 8.56 Å². The Kier molecular flexibility index (Phi) is 9.95. The number of nitrogens with one attached hydrogen (secondary N) is 2. The summed E-state index contributed by atoms with van der Waals surface area (Å²) in [5.41, 5.74) is 2.25. The minimum absolute atomic E-state index is 0.144. The average molecular weight is 459 g/mol. The van der Waals surface area contributed by atoms with Crippen molar-refractivity contribution in [2.75, 3.05) is 19.7 Å². The summed E-state index contributed by atoms with van der Waals surface area (Å²) in [6.07, 6.45) is 4.78. The van der Waals surface area contributed by atoms with E-state index >= 15 is 0 Å². The number of pyridine rings is 2. The minimum Gasteiger partial charge on any atom is -0.394 e. The number of hydrogen-bond donors (Lipinski definition) is 2. The summed E-state index contributed by atoms with van der Waals surface area (Å²) in [6.45, 7) is 11.7. The van der Waals surface area contributed by atoms with Crippen LogP contribution in [0.5, 0.6) is 0 Å². The van der Waals surface area contributed by atoms with Crippen LogP contribution >= 0.6 is 0 Å². The van der Waals surface area contributed by atoms with Crippen LogP contribution < -0.4 is 10.6 Å². The summed E-state index contributed by atoms with van der Waals surface area (Å²) in [7, 11) is -2.11. The van der Waals surface area contributed by atoms with Crippen LogP contribution in [0.4, 0.5) is 0 Å². The number of nitrogens with zero attached hydrogens (tertiary/aromatic N) is 2. The maximum atomic E-state index is 12.3. The quantitative estimate of drug-likeness (QED) is 0.372. The molecule has 0 aliphatic carbocycles. The van der Waals surface area contributed by atoms with Gasteiger partial charge in [0.2, 0.25) is 0 Å². The monoisotopic (exact) mass is 458 g/mol. The number of aromatic nitrogens is 2. The van der Waals surface area contributed by atoms with E-state index in [4.69, 9.17) is 8.85 Å². The van der Waals surface area contributed by atoms with Crippen molar-refractivity contribution in [2.24, 2.45) is 0 Å². The number of hydrogen-bond acceptors (Lipinski definition) is 6. The Morgan fingerprint density at radius 3 is 1.91 bits per heavy atom. The van der Waals surface area contributed by atoms with Crippen LogP contribution in [0.2, 0.25) is 13.1 Å². The first kappa shape index (κ1) is 25.6. The molecule has 0 bridgehead atoms. The standard InChI is InChI=1S/C23H34N4O4Si/c1-6-12-24-22(28)18-8-10-20(26-15-18)21-11-9-19(16-27-21)23(29)25-13-7-14-30-32(4,5)31-17(2)3/h8-11,15-17H,6-7,12-14H2,1-5H3,(H,24,28)(H,25,29). The fraction of sp³-hybridized carbons (Fsp3) is 0.478.